The van der Waals surface area contributed by atoms with Gasteiger partial charge in [0, 0.05) is 24.3 Å². The van der Waals surface area contributed by atoms with Gasteiger partial charge in [-0.25, -0.2) is 0 Å². The number of hydrogen-bond donors (Lipinski definition) is 1. The summed E-state index contributed by atoms with van der Waals surface area (Å²) in [7, 11) is 0. The van der Waals surface area contributed by atoms with Gasteiger partial charge < -0.3 is 10.2 Å². The van der Waals surface area contributed by atoms with E-state index >= 15 is 0 Å². The Balaban J connectivity index is 1.62. The Hall–Kier alpha value is -0.930. The van der Waals surface area contributed by atoms with Crippen LogP contribution in [0, 0.1) is 0 Å². The Morgan fingerprint density at radius 3 is 3.10 bits per heavy atom. The van der Waals surface area contributed by atoms with E-state index in [1.807, 2.05) is 12.3 Å². The average molecular weight is 273 g/mol. The number of rotatable bonds is 5. The van der Waals surface area contributed by atoms with Gasteiger partial charge in [-0.1, -0.05) is 19.4 Å². The summed E-state index contributed by atoms with van der Waals surface area (Å²) in [5.41, 5.74) is 1.21. The Morgan fingerprint density at radius 1 is 1.35 bits per heavy atom. The molecule has 1 aromatic heterocycles. The number of piperidine rings is 1. The maximum atomic E-state index is 4.56. The SMILES string of the molecule is CCC[C@H](N[C@@H]1CCN2CCC[C@H]2C1)c1ccccn1. The van der Waals surface area contributed by atoms with Crippen molar-refractivity contribution in [2.45, 2.75) is 63.6 Å². The molecule has 0 bridgehead atoms. The topological polar surface area (TPSA) is 28.2 Å². The second kappa shape index (κ2) is 6.68. The molecule has 0 amide bonds. The fourth-order valence-electron chi connectivity index (χ4n) is 3.85. The van der Waals surface area contributed by atoms with Crippen molar-refractivity contribution < 1.29 is 0 Å². The molecule has 0 saturated carbocycles. The Labute approximate surface area is 122 Å². The second-order valence-corrected chi connectivity index (χ2v) is 6.32. The van der Waals surface area contributed by atoms with E-state index in [9.17, 15) is 0 Å². The third-order valence-corrected chi connectivity index (χ3v) is 4.88. The van der Waals surface area contributed by atoms with Crippen LogP contribution in [0.5, 0.6) is 0 Å². The van der Waals surface area contributed by atoms with E-state index < -0.39 is 0 Å². The van der Waals surface area contributed by atoms with Crippen LogP contribution in [0.4, 0.5) is 0 Å². The molecule has 2 fully saturated rings. The lowest BCUT2D eigenvalue weighted by atomic mass is 9.95. The minimum Gasteiger partial charge on any atom is -0.306 e. The summed E-state index contributed by atoms with van der Waals surface area (Å²) >= 11 is 0. The highest BCUT2D eigenvalue weighted by molar-refractivity contribution is 5.09. The number of nitrogens with zero attached hydrogens (tertiary/aromatic N) is 2. The maximum Gasteiger partial charge on any atom is 0.0573 e. The fraction of sp³-hybridized carbons (Fsp3) is 0.706. The molecule has 1 aromatic rings. The van der Waals surface area contributed by atoms with Crippen molar-refractivity contribution in [2.24, 2.45) is 0 Å². The summed E-state index contributed by atoms with van der Waals surface area (Å²) in [6.45, 7) is 4.87. The molecular formula is C17H27N3. The summed E-state index contributed by atoms with van der Waals surface area (Å²) in [6, 6.07) is 8.22. The normalized spacial score (nSPS) is 28.2. The highest BCUT2D eigenvalue weighted by Crippen LogP contribution is 2.28. The molecular weight excluding hydrogens is 246 g/mol. The number of nitrogens with one attached hydrogen (secondary N) is 1. The third-order valence-electron chi connectivity index (χ3n) is 4.88. The van der Waals surface area contributed by atoms with Crippen LogP contribution in [-0.4, -0.2) is 35.1 Å². The lowest BCUT2D eigenvalue weighted by molar-refractivity contribution is 0.159. The standard InChI is InChI=1S/C17H27N3/c1-2-6-17(16-8-3-4-10-18-16)19-14-9-12-20-11-5-7-15(20)13-14/h3-4,8,10,14-15,17,19H,2,5-7,9,11-13H2,1H3/t14-,15+,17+/m1/s1. The molecule has 0 aromatic carbocycles. The smallest absolute Gasteiger partial charge is 0.0573 e. The van der Waals surface area contributed by atoms with Crippen molar-refractivity contribution in [3.05, 3.63) is 30.1 Å². The molecule has 3 heteroatoms. The first-order valence-corrected chi connectivity index (χ1v) is 8.28. The van der Waals surface area contributed by atoms with Gasteiger partial charge in [-0.15, -0.1) is 0 Å². The van der Waals surface area contributed by atoms with Crippen molar-refractivity contribution in [2.75, 3.05) is 13.1 Å². The zero-order valence-electron chi connectivity index (χ0n) is 12.6. The van der Waals surface area contributed by atoms with Gasteiger partial charge in [0.2, 0.25) is 0 Å². The summed E-state index contributed by atoms with van der Waals surface area (Å²) < 4.78 is 0. The van der Waals surface area contributed by atoms with Crippen LogP contribution in [-0.2, 0) is 0 Å². The molecule has 2 aliphatic heterocycles. The van der Waals surface area contributed by atoms with Gasteiger partial charge in [0.25, 0.3) is 0 Å². The first-order chi connectivity index (χ1) is 9.86. The van der Waals surface area contributed by atoms with Crippen molar-refractivity contribution in [3.8, 4) is 0 Å². The maximum absolute atomic E-state index is 4.56. The van der Waals surface area contributed by atoms with Crippen molar-refractivity contribution in [1.82, 2.24) is 15.2 Å². The van der Waals surface area contributed by atoms with Gasteiger partial charge in [-0.3, -0.25) is 4.98 Å². The van der Waals surface area contributed by atoms with E-state index in [-0.39, 0.29) is 0 Å². The lowest BCUT2D eigenvalue weighted by Crippen LogP contribution is -2.46. The van der Waals surface area contributed by atoms with Gasteiger partial charge in [0.05, 0.1) is 5.69 Å². The molecule has 0 aliphatic carbocycles. The Morgan fingerprint density at radius 2 is 2.30 bits per heavy atom. The second-order valence-electron chi connectivity index (χ2n) is 6.32. The third kappa shape index (κ3) is 3.21. The van der Waals surface area contributed by atoms with Crippen LogP contribution in [0.1, 0.15) is 57.2 Å². The van der Waals surface area contributed by atoms with Crippen LogP contribution in [0.15, 0.2) is 24.4 Å². The molecule has 3 nitrogen and oxygen atoms in total. The molecule has 3 heterocycles. The minimum atomic E-state index is 0.430. The fourth-order valence-corrected chi connectivity index (χ4v) is 3.85. The molecule has 20 heavy (non-hydrogen) atoms. The molecule has 0 unspecified atom stereocenters. The Bertz CT molecular complexity index is 406. The molecule has 3 rings (SSSR count). The van der Waals surface area contributed by atoms with Crippen molar-refractivity contribution in [3.63, 3.8) is 0 Å². The van der Waals surface area contributed by atoms with E-state index in [0.29, 0.717) is 12.1 Å². The van der Waals surface area contributed by atoms with Crippen LogP contribution >= 0.6 is 0 Å². The van der Waals surface area contributed by atoms with E-state index in [2.05, 4.69) is 34.3 Å². The lowest BCUT2D eigenvalue weighted by Gasteiger charge is -2.37. The van der Waals surface area contributed by atoms with Crippen LogP contribution in [0.2, 0.25) is 0 Å². The molecule has 1 N–H and O–H groups in total. The quantitative estimate of drug-likeness (QED) is 0.893. The predicted octanol–water partition coefficient (Wildman–Crippen LogP) is 3.14. The zero-order valence-corrected chi connectivity index (χ0v) is 12.6. The van der Waals surface area contributed by atoms with Gasteiger partial charge in [-0.2, -0.15) is 0 Å². The minimum absolute atomic E-state index is 0.430. The van der Waals surface area contributed by atoms with Gasteiger partial charge in [0.15, 0.2) is 0 Å². The molecule has 2 aliphatic rings. The zero-order chi connectivity index (χ0) is 13.8. The molecule has 110 valence electrons. The number of pyridine rings is 1. The highest BCUT2D eigenvalue weighted by atomic mass is 15.2. The predicted molar refractivity (Wildman–Crippen MR) is 82.6 cm³/mol. The first-order valence-electron chi connectivity index (χ1n) is 8.28. The highest BCUT2D eigenvalue weighted by Gasteiger charge is 2.32. The van der Waals surface area contributed by atoms with E-state index in [0.717, 1.165) is 6.04 Å². The van der Waals surface area contributed by atoms with Gasteiger partial charge in [-0.05, 0) is 57.3 Å². The average Bonchev–Trinajstić information content (AvgIpc) is 2.95. The summed E-state index contributed by atoms with van der Waals surface area (Å²) in [5.74, 6) is 0. The van der Waals surface area contributed by atoms with Gasteiger partial charge >= 0.3 is 0 Å². The summed E-state index contributed by atoms with van der Waals surface area (Å²) in [6.07, 6.45) is 9.73. The number of aromatic nitrogens is 1. The summed E-state index contributed by atoms with van der Waals surface area (Å²) in [4.78, 5) is 7.25. The number of fused-ring (bicyclic) bond motifs is 1. The molecule has 2 saturated heterocycles. The molecule has 0 spiro atoms. The van der Waals surface area contributed by atoms with Crippen LogP contribution < -0.4 is 5.32 Å². The van der Waals surface area contributed by atoms with Gasteiger partial charge in [0.1, 0.15) is 0 Å². The monoisotopic (exact) mass is 273 g/mol. The van der Waals surface area contributed by atoms with E-state index in [1.54, 1.807) is 0 Å². The first kappa shape index (κ1) is 14.0. The van der Waals surface area contributed by atoms with Crippen LogP contribution in [0.3, 0.4) is 0 Å². The van der Waals surface area contributed by atoms with E-state index in [1.165, 1.54) is 57.3 Å². The summed E-state index contributed by atoms with van der Waals surface area (Å²) in [5, 5.41) is 3.90. The Kier molecular flexibility index (Phi) is 4.69. The molecule has 3 atom stereocenters. The number of hydrogen-bond acceptors (Lipinski definition) is 3. The van der Waals surface area contributed by atoms with Crippen molar-refractivity contribution in [1.29, 1.82) is 0 Å². The van der Waals surface area contributed by atoms with Crippen LogP contribution in [0.25, 0.3) is 0 Å². The largest absolute Gasteiger partial charge is 0.306 e. The van der Waals surface area contributed by atoms with E-state index in [4.69, 9.17) is 0 Å². The molecule has 0 radical (unpaired) electrons. The van der Waals surface area contributed by atoms with Crippen molar-refractivity contribution >= 4 is 0 Å².